The normalized spacial score (nSPS) is 20.4. The lowest BCUT2D eigenvalue weighted by atomic mass is 9.79. The minimum Gasteiger partial charge on any atom is -0.403 e. The van der Waals surface area contributed by atoms with E-state index in [0.29, 0.717) is 6.54 Å². The van der Waals surface area contributed by atoms with Crippen LogP contribution in [0.4, 0.5) is 0 Å². The number of hydrogen-bond donors (Lipinski definition) is 1. The Hall–Kier alpha value is -0.105. The third-order valence-corrected chi connectivity index (χ3v) is 5.56. The molecule has 1 aliphatic rings. The first-order valence-corrected chi connectivity index (χ1v) is 8.08. The number of benzene rings is 1. The van der Waals surface area contributed by atoms with Crippen LogP contribution < -0.4 is 5.73 Å². The Labute approximate surface area is 135 Å². The van der Waals surface area contributed by atoms with Gasteiger partial charge in [0.2, 0.25) is 0 Å². The van der Waals surface area contributed by atoms with Crippen LogP contribution in [-0.4, -0.2) is 18.3 Å². The largest absolute Gasteiger partial charge is 0.462 e. The molecule has 0 aliphatic carbocycles. The molecule has 1 aromatic carbocycles. The molecule has 3 nitrogen and oxygen atoms in total. The van der Waals surface area contributed by atoms with Crippen molar-refractivity contribution < 1.29 is 9.31 Å². The summed E-state index contributed by atoms with van der Waals surface area (Å²) in [7, 11) is -0.192. The van der Waals surface area contributed by atoms with Crippen LogP contribution in [0.1, 0.15) is 44.4 Å². The highest BCUT2D eigenvalue weighted by molar-refractivity contribution is 14.1. The van der Waals surface area contributed by atoms with Crippen molar-refractivity contribution in [2.75, 3.05) is 0 Å². The van der Waals surface area contributed by atoms with Gasteiger partial charge in [0, 0.05) is 16.4 Å². The maximum atomic E-state index is 6.08. The van der Waals surface area contributed by atoms with E-state index in [4.69, 9.17) is 15.0 Å². The van der Waals surface area contributed by atoms with Gasteiger partial charge in [0.25, 0.3) is 0 Å². The van der Waals surface area contributed by atoms with Crippen molar-refractivity contribution in [1.29, 1.82) is 0 Å². The molecule has 2 N–H and O–H groups in total. The Morgan fingerprint density at radius 2 is 1.70 bits per heavy atom. The number of halogens is 1. The second-order valence-electron chi connectivity index (χ2n) is 6.46. The van der Waals surface area contributed by atoms with Crippen molar-refractivity contribution in [3.8, 4) is 0 Å². The average Bonchev–Trinajstić information content (AvgIpc) is 2.53. The molecule has 1 saturated heterocycles. The van der Waals surface area contributed by atoms with Gasteiger partial charge in [-0.25, -0.2) is 0 Å². The van der Waals surface area contributed by atoms with E-state index in [0.717, 1.165) is 11.9 Å². The third kappa shape index (κ3) is 3.05. The minimum atomic E-state index is -0.274. The fourth-order valence-electron chi connectivity index (χ4n) is 2.36. The quantitative estimate of drug-likeness (QED) is 0.640. The van der Waals surface area contributed by atoms with E-state index in [-0.39, 0.29) is 18.3 Å². The van der Waals surface area contributed by atoms with E-state index in [1.807, 2.05) is 0 Å². The van der Waals surface area contributed by atoms with Gasteiger partial charge in [-0.1, -0.05) is 6.07 Å². The second kappa shape index (κ2) is 5.59. The first-order valence-electron chi connectivity index (χ1n) is 7.00. The highest BCUT2D eigenvalue weighted by Crippen LogP contribution is 2.37. The zero-order valence-corrected chi connectivity index (χ0v) is 15.1. The Morgan fingerprint density at radius 1 is 1.15 bits per heavy atom. The van der Waals surface area contributed by atoms with E-state index in [2.05, 4.69) is 69.3 Å². The standard InChI is InChI=1S/C15H23BINO2/c1-10-12(6-11(9-18)7-13(10)17)8-16-19-14(2,3)15(4,5)20-16/h6-7H,8-9,18H2,1-5H3. The molecule has 2 rings (SSSR count). The molecule has 5 heteroatoms. The molecule has 0 spiro atoms. The molecule has 0 bridgehead atoms. The molecule has 0 radical (unpaired) electrons. The van der Waals surface area contributed by atoms with Gasteiger partial charge in [-0.15, -0.1) is 0 Å². The summed E-state index contributed by atoms with van der Waals surface area (Å²) in [6, 6.07) is 4.31. The van der Waals surface area contributed by atoms with Crippen molar-refractivity contribution in [2.24, 2.45) is 5.73 Å². The molecule has 0 atom stereocenters. The monoisotopic (exact) mass is 387 g/mol. The Morgan fingerprint density at radius 3 is 2.20 bits per heavy atom. The average molecular weight is 387 g/mol. The van der Waals surface area contributed by atoms with Gasteiger partial charge in [-0.05, 0) is 80.0 Å². The van der Waals surface area contributed by atoms with Crippen LogP contribution >= 0.6 is 22.6 Å². The number of nitrogens with two attached hydrogens (primary N) is 1. The smallest absolute Gasteiger partial charge is 0.403 e. The summed E-state index contributed by atoms with van der Waals surface area (Å²) in [5.41, 5.74) is 8.93. The summed E-state index contributed by atoms with van der Waals surface area (Å²) >= 11 is 2.36. The van der Waals surface area contributed by atoms with E-state index < -0.39 is 0 Å². The van der Waals surface area contributed by atoms with Crippen molar-refractivity contribution in [3.05, 3.63) is 32.4 Å². The molecule has 0 saturated carbocycles. The molecular formula is C15H23BINO2. The summed E-state index contributed by atoms with van der Waals surface area (Å²) in [6.07, 6.45) is 0.766. The predicted molar refractivity (Wildman–Crippen MR) is 91.6 cm³/mol. The van der Waals surface area contributed by atoms with Crippen LogP contribution in [0.3, 0.4) is 0 Å². The molecule has 110 valence electrons. The first kappa shape index (κ1) is 16.3. The highest BCUT2D eigenvalue weighted by atomic mass is 127. The van der Waals surface area contributed by atoms with Crippen molar-refractivity contribution in [3.63, 3.8) is 0 Å². The molecule has 1 aromatic rings. The van der Waals surface area contributed by atoms with Gasteiger partial charge < -0.3 is 15.0 Å². The topological polar surface area (TPSA) is 44.5 Å². The predicted octanol–water partition coefficient (Wildman–Crippen LogP) is 3.23. The maximum Gasteiger partial charge on any atom is 0.462 e. The lowest BCUT2D eigenvalue weighted by Gasteiger charge is -2.32. The Bertz CT molecular complexity index is 501. The molecular weight excluding hydrogens is 364 g/mol. The second-order valence-corrected chi connectivity index (χ2v) is 7.62. The molecule has 20 heavy (non-hydrogen) atoms. The van der Waals surface area contributed by atoms with Gasteiger partial charge >= 0.3 is 7.12 Å². The maximum absolute atomic E-state index is 6.08. The van der Waals surface area contributed by atoms with E-state index in [1.165, 1.54) is 14.7 Å². The summed E-state index contributed by atoms with van der Waals surface area (Å²) < 4.78 is 13.4. The fourth-order valence-corrected chi connectivity index (χ4v) is 3.10. The fraction of sp³-hybridized carbons (Fsp3) is 0.600. The van der Waals surface area contributed by atoms with Crippen LogP contribution in [-0.2, 0) is 22.2 Å². The van der Waals surface area contributed by atoms with Gasteiger partial charge in [-0.3, -0.25) is 0 Å². The molecule has 1 fully saturated rings. The summed E-state index contributed by atoms with van der Waals surface area (Å²) in [4.78, 5) is 0. The molecule has 0 amide bonds. The van der Waals surface area contributed by atoms with Crippen molar-refractivity contribution in [1.82, 2.24) is 0 Å². The zero-order chi connectivity index (χ0) is 15.1. The first-order chi connectivity index (χ1) is 9.16. The Kier molecular flexibility index (Phi) is 4.55. The van der Waals surface area contributed by atoms with E-state index >= 15 is 0 Å². The molecule has 1 aliphatic heterocycles. The van der Waals surface area contributed by atoms with Crippen molar-refractivity contribution >= 4 is 29.7 Å². The van der Waals surface area contributed by atoms with Gasteiger partial charge in [0.15, 0.2) is 0 Å². The number of hydrogen-bond acceptors (Lipinski definition) is 3. The lowest BCUT2D eigenvalue weighted by Crippen LogP contribution is -2.41. The summed E-state index contributed by atoms with van der Waals surface area (Å²) in [5, 5.41) is 0. The van der Waals surface area contributed by atoms with Crippen LogP contribution in [0.25, 0.3) is 0 Å². The van der Waals surface area contributed by atoms with Crippen LogP contribution in [0, 0.1) is 10.5 Å². The summed E-state index contributed by atoms with van der Waals surface area (Å²) in [5.74, 6) is 0. The van der Waals surface area contributed by atoms with E-state index in [9.17, 15) is 0 Å². The molecule has 1 heterocycles. The van der Waals surface area contributed by atoms with Crippen LogP contribution in [0.15, 0.2) is 12.1 Å². The lowest BCUT2D eigenvalue weighted by molar-refractivity contribution is 0.00578. The zero-order valence-electron chi connectivity index (χ0n) is 12.9. The van der Waals surface area contributed by atoms with E-state index in [1.54, 1.807) is 0 Å². The van der Waals surface area contributed by atoms with Gasteiger partial charge in [0.1, 0.15) is 0 Å². The number of rotatable bonds is 3. The SMILES string of the molecule is Cc1c(I)cc(CN)cc1CB1OC(C)(C)C(C)(C)O1. The van der Waals surface area contributed by atoms with Crippen LogP contribution in [0.5, 0.6) is 0 Å². The third-order valence-electron chi connectivity index (χ3n) is 4.44. The van der Waals surface area contributed by atoms with Crippen molar-refractivity contribution in [2.45, 2.75) is 58.7 Å². The molecule has 0 unspecified atom stereocenters. The van der Waals surface area contributed by atoms with Crippen LogP contribution in [0.2, 0.25) is 0 Å². The molecule has 0 aromatic heterocycles. The Balaban J connectivity index is 2.22. The highest BCUT2D eigenvalue weighted by Gasteiger charge is 2.50. The summed E-state index contributed by atoms with van der Waals surface area (Å²) in [6.45, 7) is 11.0. The van der Waals surface area contributed by atoms with Gasteiger partial charge in [-0.2, -0.15) is 0 Å². The van der Waals surface area contributed by atoms with Gasteiger partial charge in [0.05, 0.1) is 11.2 Å². The minimum absolute atomic E-state index is 0.192.